The minimum Gasteiger partial charge on any atom is -0.492 e. The number of rotatable bonds is 8. The number of nitrogens with zero attached hydrogens (tertiary/aromatic N) is 2. The average molecular weight is 531 g/mol. The Labute approximate surface area is 198 Å². The Hall–Kier alpha value is -1.06. The molecule has 0 amide bonds. The van der Waals surface area contributed by atoms with E-state index in [-0.39, 0.29) is 24.0 Å². The molecule has 2 heterocycles. The van der Waals surface area contributed by atoms with Gasteiger partial charge in [0.2, 0.25) is 0 Å². The zero-order chi connectivity index (χ0) is 20.3. The Bertz CT molecular complexity index is 630. The summed E-state index contributed by atoms with van der Waals surface area (Å²) in [4.78, 5) is 7.11. The molecule has 0 bridgehead atoms. The number of aryl methyl sites for hydroxylation is 1. The van der Waals surface area contributed by atoms with Crippen molar-refractivity contribution in [1.82, 2.24) is 10.2 Å². The number of guanidine groups is 1. The lowest BCUT2D eigenvalue weighted by atomic mass is 10.1. The number of likely N-dealkylation sites (tertiary alicyclic amines) is 1. The van der Waals surface area contributed by atoms with E-state index in [0.717, 1.165) is 63.8 Å². The van der Waals surface area contributed by atoms with Crippen molar-refractivity contribution in [2.24, 2.45) is 4.99 Å². The van der Waals surface area contributed by atoms with Crippen molar-refractivity contribution in [2.45, 2.75) is 58.2 Å². The van der Waals surface area contributed by atoms with Crippen molar-refractivity contribution in [3.8, 4) is 5.75 Å². The van der Waals surface area contributed by atoms with Crippen LogP contribution < -0.4 is 10.1 Å². The molecule has 6 nitrogen and oxygen atoms in total. The van der Waals surface area contributed by atoms with Gasteiger partial charge in [0.05, 0.1) is 25.4 Å². The molecule has 170 valence electrons. The molecule has 1 unspecified atom stereocenters. The zero-order valence-corrected chi connectivity index (χ0v) is 20.8. The van der Waals surface area contributed by atoms with Crippen LogP contribution in [0.1, 0.15) is 44.6 Å². The van der Waals surface area contributed by atoms with Crippen molar-refractivity contribution in [2.75, 3.05) is 46.0 Å². The number of hydrogen-bond donors (Lipinski definition) is 1. The summed E-state index contributed by atoms with van der Waals surface area (Å²) >= 11 is 0. The fraction of sp³-hybridized carbons (Fsp3) is 0.696. The maximum absolute atomic E-state index is 6.14. The SMILES string of the molecule is CCNC(=NCCOc1cccc(C)c1)N1CCC(OCC2CCCCO2)CC1.I. The Morgan fingerprint density at radius 2 is 2.07 bits per heavy atom. The van der Waals surface area contributed by atoms with E-state index >= 15 is 0 Å². The van der Waals surface area contributed by atoms with E-state index in [0.29, 0.717) is 25.4 Å². The topological polar surface area (TPSA) is 55.3 Å². The van der Waals surface area contributed by atoms with Crippen LogP contribution in [0, 0.1) is 6.92 Å². The van der Waals surface area contributed by atoms with Crippen molar-refractivity contribution >= 4 is 29.9 Å². The highest BCUT2D eigenvalue weighted by Crippen LogP contribution is 2.18. The predicted octanol–water partition coefficient (Wildman–Crippen LogP) is 4.01. The molecule has 1 aromatic carbocycles. The highest BCUT2D eigenvalue weighted by molar-refractivity contribution is 14.0. The number of hydrogen-bond acceptors (Lipinski definition) is 4. The largest absolute Gasteiger partial charge is 0.492 e. The molecule has 1 aromatic rings. The van der Waals surface area contributed by atoms with E-state index in [4.69, 9.17) is 19.2 Å². The molecule has 0 radical (unpaired) electrons. The molecule has 1 N–H and O–H groups in total. The second kappa shape index (κ2) is 14.1. The summed E-state index contributed by atoms with van der Waals surface area (Å²) in [6.07, 6.45) is 6.31. The summed E-state index contributed by atoms with van der Waals surface area (Å²) in [6.45, 7) is 9.86. The average Bonchev–Trinajstić information content (AvgIpc) is 2.76. The molecular weight excluding hydrogens is 493 g/mol. The van der Waals surface area contributed by atoms with Crippen LogP contribution in [0.5, 0.6) is 5.75 Å². The summed E-state index contributed by atoms with van der Waals surface area (Å²) in [7, 11) is 0. The second-order valence-corrected chi connectivity index (χ2v) is 7.91. The van der Waals surface area contributed by atoms with E-state index in [1.165, 1.54) is 18.4 Å². The summed E-state index contributed by atoms with van der Waals surface area (Å²) in [5.74, 6) is 1.89. The van der Waals surface area contributed by atoms with Gasteiger partial charge < -0.3 is 24.4 Å². The standard InChI is InChI=1S/C23H37N3O3.HI/c1-3-24-23(25-12-16-28-21-9-6-7-19(2)17-21)26-13-10-20(11-14-26)29-18-22-8-4-5-15-27-22;/h6-7,9,17,20,22H,3-5,8,10-16,18H2,1-2H3,(H,24,25);1H. The van der Waals surface area contributed by atoms with E-state index in [2.05, 4.69) is 36.2 Å². The Balaban J connectivity index is 0.00000320. The molecule has 0 spiro atoms. The number of ether oxygens (including phenoxy) is 3. The van der Waals surface area contributed by atoms with Gasteiger partial charge in [0.1, 0.15) is 12.4 Å². The molecule has 30 heavy (non-hydrogen) atoms. The fourth-order valence-electron chi connectivity index (χ4n) is 3.86. The first-order valence-electron chi connectivity index (χ1n) is 11.2. The molecule has 2 aliphatic heterocycles. The first-order chi connectivity index (χ1) is 14.2. The Kier molecular flexibility index (Phi) is 11.8. The predicted molar refractivity (Wildman–Crippen MR) is 132 cm³/mol. The van der Waals surface area contributed by atoms with Crippen molar-refractivity contribution < 1.29 is 14.2 Å². The molecule has 7 heteroatoms. The van der Waals surface area contributed by atoms with E-state index in [9.17, 15) is 0 Å². The molecule has 0 aromatic heterocycles. The highest BCUT2D eigenvalue weighted by atomic mass is 127. The van der Waals surface area contributed by atoms with Gasteiger partial charge in [-0.05, 0) is 63.6 Å². The smallest absolute Gasteiger partial charge is 0.194 e. The number of piperidine rings is 1. The summed E-state index contributed by atoms with van der Waals surface area (Å²) in [6, 6.07) is 8.14. The number of halogens is 1. The molecule has 0 aliphatic carbocycles. The van der Waals surface area contributed by atoms with Crippen molar-refractivity contribution in [3.63, 3.8) is 0 Å². The molecule has 2 saturated heterocycles. The third kappa shape index (κ3) is 8.59. The van der Waals surface area contributed by atoms with E-state index in [1.54, 1.807) is 0 Å². The summed E-state index contributed by atoms with van der Waals surface area (Å²) < 4.78 is 17.7. The monoisotopic (exact) mass is 531 g/mol. The van der Waals surface area contributed by atoms with Crippen LogP contribution in [0.25, 0.3) is 0 Å². The molecule has 2 aliphatic rings. The van der Waals surface area contributed by atoms with Gasteiger partial charge in [-0.2, -0.15) is 0 Å². The fourth-order valence-corrected chi connectivity index (χ4v) is 3.86. The minimum absolute atomic E-state index is 0. The highest BCUT2D eigenvalue weighted by Gasteiger charge is 2.23. The van der Waals surface area contributed by atoms with Gasteiger partial charge in [-0.25, -0.2) is 4.99 Å². The van der Waals surface area contributed by atoms with E-state index in [1.807, 2.05) is 12.1 Å². The van der Waals surface area contributed by atoms with Gasteiger partial charge in [0.15, 0.2) is 5.96 Å². The van der Waals surface area contributed by atoms with Gasteiger partial charge in [-0.3, -0.25) is 0 Å². The van der Waals surface area contributed by atoms with Gasteiger partial charge >= 0.3 is 0 Å². The van der Waals surface area contributed by atoms with Crippen LogP contribution in [0.15, 0.2) is 29.3 Å². The van der Waals surface area contributed by atoms with Gasteiger partial charge in [0, 0.05) is 26.2 Å². The molecule has 0 saturated carbocycles. The normalized spacial score (nSPS) is 20.5. The Morgan fingerprint density at radius 1 is 1.23 bits per heavy atom. The molecular formula is C23H38IN3O3. The maximum Gasteiger partial charge on any atom is 0.194 e. The minimum atomic E-state index is 0. The maximum atomic E-state index is 6.14. The zero-order valence-electron chi connectivity index (χ0n) is 18.5. The van der Waals surface area contributed by atoms with Gasteiger partial charge in [0.25, 0.3) is 0 Å². The summed E-state index contributed by atoms with van der Waals surface area (Å²) in [5, 5.41) is 3.42. The lowest BCUT2D eigenvalue weighted by molar-refractivity contribution is -0.0721. The molecule has 3 rings (SSSR count). The van der Waals surface area contributed by atoms with Crippen LogP contribution in [0.4, 0.5) is 0 Å². The van der Waals surface area contributed by atoms with Crippen LogP contribution in [-0.4, -0.2) is 69.1 Å². The molecule has 2 fully saturated rings. The lowest BCUT2D eigenvalue weighted by Crippen LogP contribution is -2.47. The quantitative estimate of drug-likeness (QED) is 0.238. The second-order valence-electron chi connectivity index (χ2n) is 7.91. The first-order valence-corrected chi connectivity index (χ1v) is 11.2. The van der Waals surface area contributed by atoms with Gasteiger partial charge in [-0.1, -0.05) is 12.1 Å². The summed E-state index contributed by atoms with van der Waals surface area (Å²) in [5.41, 5.74) is 1.21. The number of aliphatic imine (C=N–C) groups is 1. The van der Waals surface area contributed by atoms with Crippen LogP contribution in [0.2, 0.25) is 0 Å². The lowest BCUT2D eigenvalue weighted by Gasteiger charge is -2.35. The van der Waals surface area contributed by atoms with E-state index < -0.39 is 0 Å². The number of nitrogens with one attached hydrogen (secondary N) is 1. The molecule has 1 atom stereocenters. The number of benzene rings is 1. The Morgan fingerprint density at radius 3 is 2.77 bits per heavy atom. The van der Waals surface area contributed by atoms with Crippen LogP contribution in [-0.2, 0) is 9.47 Å². The van der Waals surface area contributed by atoms with Gasteiger partial charge in [-0.15, -0.1) is 24.0 Å². The third-order valence-electron chi connectivity index (χ3n) is 5.48. The van der Waals surface area contributed by atoms with Crippen LogP contribution in [0.3, 0.4) is 0 Å². The van der Waals surface area contributed by atoms with Crippen LogP contribution >= 0.6 is 24.0 Å². The first kappa shape index (κ1) is 25.2. The van der Waals surface area contributed by atoms with Crippen molar-refractivity contribution in [3.05, 3.63) is 29.8 Å². The van der Waals surface area contributed by atoms with Crippen molar-refractivity contribution in [1.29, 1.82) is 0 Å². The third-order valence-corrected chi connectivity index (χ3v) is 5.48.